The van der Waals surface area contributed by atoms with Gasteiger partial charge in [0.1, 0.15) is 24.4 Å². The molecule has 0 saturated heterocycles. The van der Waals surface area contributed by atoms with Crippen molar-refractivity contribution in [1.82, 2.24) is 5.48 Å². The number of aliphatic imine (C=N–C) groups is 1. The molecule has 128 valence electrons. The fraction of sp³-hybridized carbons (Fsp3) is 0.150. The van der Waals surface area contributed by atoms with Crippen molar-refractivity contribution in [3.8, 4) is 11.5 Å². The number of nitrogens with one attached hydrogen (secondary N) is 1. The number of para-hydroxylation sites is 2. The van der Waals surface area contributed by atoms with Gasteiger partial charge in [-0.25, -0.2) is 5.48 Å². The van der Waals surface area contributed by atoms with Crippen LogP contribution in [0, 0.1) is 0 Å². The van der Waals surface area contributed by atoms with Gasteiger partial charge in [-0.15, -0.1) is 0 Å². The van der Waals surface area contributed by atoms with Crippen LogP contribution in [-0.2, 0) is 16.0 Å². The van der Waals surface area contributed by atoms with E-state index in [-0.39, 0.29) is 0 Å². The second kappa shape index (κ2) is 9.17. The molecule has 0 radical (unpaired) electrons. The van der Waals surface area contributed by atoms with Crippen molar-refractivity contribution in [2.24, 2.45) is 4.99 Å². The van der Waals surface area contributed by atoms with E-state index in [1.807, 2.05) is 30.3 Å². The van der Waals surface area contributed by atoms with Gasteiger partial charge >= 0.3 is 0 Å². The molecule has 0 unspecified atom stereocenters. The first-order chi connectivity index (χ1) is 12.4. The van der Waals surface area contributed by atoms with Crippen molar-refractivity contribution < 1.29 is 14.3 Å². The highest BCUT2D eigenvalue weighted by Crippen LogP contribution is 2.35. The zero-order valence-corrected chi connectivity index (χ0v) is 13.8. The third kappa shape index (κ3) is 5.14. The summed E-state index contributed by atoms with van der Waals surface area (Å²) in [7, 11) is 0. The van der Waals surface area contributed by atoms with E-state index in [0.29, 0.717) is 0 Å². The number of hydrogen-bond donors (Lipinski definition) is 1. The number of fused-ring (bicyclic) bond motifs is 2. The van der Waals surface area contributed by atoms with Gasteiger partial charge in [0, 0.05) is 12.6 Å². The van der Waals surface area contributed by atoms with Gasteiger partial charge in [-0.05, 0) is 35.4 Å². The lowest BCUT2D eigenvalue weighted by Gasteiger charge is -2.19. The van der Waals surface area contributed by atoms with Crippen LogP contribution in [0.2, 0.25) is 0 Å². The summed E-state index contributed by atoms with van der Waals surface area (Å²) in [6, 6.07) is 16.4. The zero-order valence-electron chi connectivity index (χ0n) is 13.8. The Kier molecular flexibility index (Phi) is 6.11. The Balaban J connectivity index is 0.000000136. The summed E-state index contributed by atoms with van der Waals surface area (Å²) >= 11 is 0. The molecule has 0 amide bonds. The molecule has 0 bridgehead atoms. The van der Waals surface area contributed by atoms with Gasteiger partial charge in [-0.1, -0.05) is 36.4 Å². The van der Waals surface area contributed by atoms with Crippen molar-refractivity contribution in [1.29, 1.82) is 0 Å². The highest BCUT2D eigenvalue weighted by Gasteiger charge is 2.14. The molecule has 2 aromatic rings. The summed E-state index contributed by atoms with van der Waals surface area (Å²) in [6.07, 6.45) is 9.40. The molecule has 5 rings (SSSR count). The molecule has 2 aromatic carbocycles. The van der Waals surface area contributed by atoms with Crippen molar-refractivity contribution in [3.05, 3.63) is 84.3 Å². The van der Waals surface area contributed by atoms with Crippen LogP contribution in [0.25, 0.3) is 0 Å². The molecule has 0 aliphatic carbocycles. The predicted octanol–water partition coefficient (Wildman–Crippen LogP) is 3.98. The van der Waals surface area contributed by atoms with Gasteiger partial charge in [0.05, 0.1) is 6.54 Å². The number of ether oxygens (including phenoxy) is 2. The van der Waals surface area contributed by atoms with Gasteiger partial charge in [0.25, 0.3) is 0 Å². The molecule has 3 aliphatic rings. The molecule has 5 nitrogen and oxygen atoms in total. The SMILES string of the molecule is C1=CNOC=C1.C1=NCCO1.c1ccc2c(c1)Cc1ccccc1O2. The molecule has 3 heterocycles. The number of allylic oxidation sites excluding steroid dienone is 2. The Labute approximate surface area is 147 Å². The van der Waals surface area contributed by atoms with Crippen LogP contribution in [0.15, 0.2) is 78.1 Å². The Bertz CT molecular complexity index is 664. The van der Waals surface area contributed by atoms with Crippen LogP contribution in [-0.4, -0.2) is 19.6 Å². The minimum atomic E-state index is 0.778. The van der Waals surface area contributed by atoms with Gasteiger partial charge in [-0.2, -0.15) is 0 Å². The average molecular weight is 336 g/mol. The smallest absolute Gasteiger partial charge is 0.169 e. The molecule has 0 atom stereocenters. The maximum absolute atomic E-state index is 5.78. The normalized spacial score (nSPS) is 14.7. The minimum absolute atomic E-state index is 0.778. The summed E-state index contributed by atoms with van der Waals surface area (Å²) in [5.41, 5.74) is 5.06. The molecule has 0 fully saturated rings. The molecule has 0 aromatic heterocycles. The second-order valence-electron chi connectivity index (χ2n) is 5.30. The van der Waals surface area contributed by atoms with Crippen LogP contribution < -0.4 is 10.2 Å². The van der Waals surface area contributed by atoms with Crippen LogP contribution in [0.4, 0.5) is 0 Å². The first kappa shape index (κ1) is 16.6. The fourth-order valence-corrected chi connectivity index (χ4v) is 2.34. The molecule has 3 aliphatic heterocycles. The van der Waals surface area contributed by atoms with E-state index in [0.717, 1.165) is 31.1 Å². The van der Waals surface area contributed by atoms with E-state index >= 15 is 0 Å². The standard InChI is InChI=1S/C13H10O.C4H5NO.C3H5NO/c1-3-7-12-10(5-1)9-11-6-2-4-8-13(11)14-12;1-2-4-6-5-3-1;1-2-5-3-4-1/h1-8H,9H2;1-5H;3H,1-2H2. The summed E-state index contributed by atoms with van der Waals surface area (Å²) < 4.78 is 10.4. The number of benzene rings is 2. The molecule has 5 heteroatoms. The minimum Gasteiger partial charge on any atom is -0.482 e. The third-order valence-corrected chi connectivity index (χ3v) is 3.52. The summed E-state index contributed by atoms with van der Waals surface area (Å²) in [6.45, 7) is 1.62. The number of rotatable bonds is 0. The maximum Gasteiger partial charge on any atom is 0.169 e. The average Bonchev–Trinajstić information content (AvgIpc) is 3.28. The van der Waals surface area contributed by atoms with Crippen LogP contribution >= 0.6 is 0 Å². The lowest BCUT2D eigenvalue weighted by Crippen LogP contribution is -2.01. The lowest BCUT2D eigenvalue weighted by molar-refractivity contribution is 0.172. The summed E-state index contributed by atoms with van der Waals surface area (Å²) in [5.74, 6) is 1.98. The van der Waals surface area contributed by atoms with Crippen molar-refractivity contribution in [2.45, 2.75) is 6.42 Å². The highest BCUT2D eigenvalue weighted by atomic mass is 16.6. The van der Waals surface area contributed by atoms with Gasteiger partial charge in [0.15, 0.2) is 6.40 Å². The molecule has 0 saturated carbocycles. The van der Waals surface area contributed by atoms with E-state index < -0.39 is 0 Å². The predicted molar refractivity (Wildman–Crippen MR) is 97.6 cm³/mol. The topological polar surface area (TPSA) is 52.1 Å². The van der Waals surface area contributed by atoms with Crippen LogP contribution in [0.5, 0.6) is 11.5 Å². The Morgan fingerprint density at radius 2 is 1.60 bits per heavy atom. The van der Waals surface area contributed by atoms with E-state index in [1.165, 1.54) is 17.5 Å². The number of nitrogens with zero attached hydrogens (tertiary/aromatic N) is 1. The molecular weight excluding hydrogens is 316 g/mol. The van der Waals surface area contributed by atoms with Gasteiger partial charge in [0.2, 0.25) is 0 Å². The first-order valence-electron chi connectivity index (χ1n) is 8.10. The fourth-order valence-electron chi connectivity index (χ4n) is 2.34. The summed E-state index contributed by atoms with van der Waals surface area (Å²) in [4.78, 5) is 8.29. The molecule has 25 heavy (non-hydrogen) atoms. The molecule has 1 N–H and O–H groups in total. The van der Waals surface area contributed by atoms with Crippen molar-refractivity contribution in [3.63, 3.8) is 0 Å². The zero-order chi connectivity index (χ0) is 17.2. The van der Waals surface area contributed by atoms with Crippen LogP contribution in [0.3, 0.4) is 0 Å². The summed E-state index contributed by atoms with van der Waals surface area (Å²) in [5, 5.41) is 0. The first-order valence-corrected chi connectivity index (χ1v) is 8.10. The third-order valence-electron chi connectivity index (χ3n) is 3.52. The Morgan fingerprint density at radius 3 is 2.00 bits per heavy atom. The Morgan fingerprint density at radius 1 is 0.880 bits per heavy atom. The maximum atomic E-state index is 5.78. The monoisotopic (exact) mass is 336 g/mol. The molecular formula is C20H20N2O3. The largest absolute Gasteiger partial charge is 0.482 e. The van der Waals surface area contributed by atoms with Gasteiger partial charge in [-0.3, -0.25) is 4.99 Å². The lowest BCUT2D eigenvalue weighted by atomic mass is 10.0. The van der Waals surface area contributed by atoms with E-state index in [4.69, 9.17) is 4.74 Å². The molecule has 0 spiro atoms. The highest BCUT2D eigenvalue weighted by molar-refractivity contribution is 5.49. The van der Waals surface area contributed by atoms with E-state index in [9.17, 15) is 0 Å². The second-order valence-corrected chi connectivity index (χ2v) is 5.30. The van der Waals surface area contributed by atoms with Crippen molar-refractivity contribution >= 4 is 6.40 Å². The number of hydrogen-bond acceptors (Lipinski definition) is 5. The van der Waals surface area contributed by atoms with Gasteiger partial charge < -0.3 is 14.3 Å². The Hall–Kier alpha value is -3.21. The quantitative estimate of drug-likeness (QED) is 0.675. The van der Waals surface area contributed by atoms with Crippen molar-refractivity contribution in [2.75, 3.05) is 13.2 Å². The number of hydroxylamine groups is 1. The van der Waals surface area contributed by atoms with E-state index in [1.54, 1.807) is 18.5 Å². The van der Waals surface area contributed by atoms with Crippen LogP contribution in [0.1, 0.15) is 11.1 Å². The van der Waals surface area contributed by atoms with E-state index in [2.05, 4.69) is 44.3 Å².